The molecule has 0 bridgehead atoms. The van der Waals surface area contributed by atoms with Crippen LogP contribution >= 0.6 is 7.60 Å². The van der Waals surface area contributed by atoms with E-state index in [1.54, 1.807) is 12.1 Å². The summed E-state index contributed by atoms with van der Waals surface area (Å²) in [4.78, 5) is 38.0. The standard InChI is InChI=1S/C28H35N2O3P.CO2/c1-8-29-23-15-13-19(3)17-21(23)27(4,5)25(29)11-10-12-26-28(6,7)22-18-20(34(31,32)33)14-16-24(22)30(26)9-2;2-1-3/h10-18H,8-9H2,1-7H3,(H-,31,32,33);/p+1. The minimum atomic E-state index is -4.31. The zero-order chi connectivity index (χ0) is 27.8. The summed E-state index contributed by atoms with van der Waals surface area (Å²) < 4.78 is 14.1. The summed E-state index contributed by atoms with van der Waals surface area (Å²) in [6, 6.07) is 11.8. The van der Waals surface area contributed by atoms with E-state index in [0.29, 0.717) is 0 Å². The third-order valence-corrected chi connectivity index (χ3v) is 8.35. The molecule has 0 saturated carbocycles. The average molecular weight is 524 g/mol. The largest absolute Gasteiger partial charge is 0.373 e. The summed E-state index contributed by atoms with van der Waals surface area (Å²) in [5, 5.41) is 0.0714. The number of carbonyl (C=O) groups excluding carboxylic acids is 2. The summed E-state index contributed by atoms with van der Waals surface area (Å²) >= 11 is 0. The number of rotatable bonds is 5. The third-order valence-electron chi connectivity index (χ3n) is 7.40. The monoisotopic (exact) mass is 523 g/mol. The van der Waals surface area contributed by atoms with E-state index in [-0.39, 0.29) is 22.3 Å². The van der Waals surface area contributed by atoms with Gasteiger partial charge in [0, 0.05) is 41.1 Å². The van der Waals surface area contributed by atoms with Gasteiger partial charge in [0.15, 0.2) is 5.71 Å². The van der Waals surface area contributed by atoms with Crippen molar-refractivity contribution in [1.29, 1.82) is 0 Å². The number of anilines is 1. The zero-order valence-corrected chi connectivity index (χ0v) is 23.5. The maximum absolute atomic E-state index is 11.9. The molecule has 2 aromatic carbocycles. The van der Waals surface area contributed by atoms with Crippen molar-refractivity contribution < 1.29 is 28.5 Å². The smallest absolute Gasteiger partial charge is 0.344 e. The Hall–Kier alpha value is -3.08. The maximum Gasteiger partial charge on any atom is 0.373 e. The highest BCUT2D eigenvalue weighted by Crippen LogP contribution is 2.48. The van der Waals surface area contributed by atoms with Crippen LogP contribution in [-0.4, -0.2) is 39.3 Å². The summed E-state index contributed by atoms with van der Waals surface area (Å²) in [6.07, 6.45) is 6.76. The van der Waals surface area contributed by atoms with Crippen LogP contribution in [-0.2, 0) is 25.0 Å². The van der Waals surface area contributed by atoms with Crippen LogP contribution in [0.5, 0.6) is 0 Å². The van der Waals surface area contributed by atoms with Crippen LogP contribution in [0.3, 0.4) is 0 Å². The van der Waals surface area contributed by atoms with E-state index in [1.165, 1.54) is 22.5 Å². The highest BCUT2D eigenvalue weighted by molar-refractivity contribution is 7.60. The Bertz CT molecular complexity index is 1390. The molecule has 0 unspecified atom stereocenters. The second kappa shape index (κ2) is 10.4. The first-order chi connectivity index (χ1) is 17.2. The topological polar surface area (TPSA) is 97.9 Å². The molecule has 0 fully saturated rings. The Kier molecular flexibility index (Phi) is 7.97. The van der Waals surface area contributed by atoms with Crippen molar-refractivity contribution in [2.24, 2.45) is 0 Å². The first kappa shape index (κ1) is 28.5. The fraction of sp³-hybridized carbons (Fsp3) is 0.379. The summed E-state index contributed by atoms with van der Waals surface area (Å²) in [5.74, 6) is 0. The Balaban J connectivity index is 0.00000121. The molecule has 2 aromatic rings. The minimum Gasteiger partial charge on any atom is -0.344 e. The number of nitrogens with zero attached hydrogens (tertiary/aromatic N) is 2. The molecule has 196 valence electrons. The van der Waals surface area contributed by atoms with Gasteiger partial charge in [0.05, 0.1) is 10.7 Å². The molecule has 2 aliphatic heterocycles. The predicted molar refractivity (Wildman–Crippen MR) is 146 cm³/mol. The van der Waals surface area contributed by atoms with E-state index < -0.39 is 7.60 Å². The fourth-order valence-electron chi connectivity index (χ4n) is 5.55. The SMILES string of the molecule is CCN1C(=CC=CC2=[N+](CC)c3ccc(P(=O)(O)O)cc3C2(C)C)C(C)(C)c2cc(C)ccc21.O=C=O. The van der Waals surface area contributed by atoms with Crippen LogP contribution < -0.4 is 10.2 Å². The van der Waals surface area contributed by atoms with Gasteiger partial charge in [-0.2, -0.15) is 14.2 Å². The maximum atomic E-state index is 11.9. The van der Waals surface area contributed by atoms with Crippen molar-refractivity contribution in [3.63, 3.8) is 0 Å². The Labute approximate surface area is 219 Å². The second-order valence-electron chi connectivity index (χ2n) is 10.4. The second-order valence-corrected chi connectivity index (χ2v) is 12.0. The van der Waals surface area contributed by atoms with Gasteiger partial charge in [0.25, 0.3) is 0 Å². The predicted octanol–water partition coefficient (Wildman–Crippen LogP) is 4.87. The summed E-state index contributed by atoms with van der Waals surface area (Å²) in [5.41, 5.74) is 7.79. The van der Waals surface area contributed by atoms with Crippen LogP contribution in [0.2, 0.25) is 0 Å². The molecule has 0 atom stereocenters. The van der Waals surface area contributed by atoms with Gasteiger partial charge in [0.1, 0.15) is 6.54 Å². The molecule has 0 saturated heterocycles. The number of likely N-dealkylation sites (N-methyl/N-ethyl adjacent to an activating group) is 1. The van der Waals surface area contributed by atoms with E-state index in [9.17, 15) is 14.4 Å². The van der Waals surface area contributed by atoms with Gasteiger partial charge < -0.3 is 14.7 Å². The summed E-state index contributed by atoms with van der Waals surface area (Å²) in [6.45, 7) is 16.9. The minimum absolute atomic E-state index is 0.0714. The lowest BCUT2D eigenvalue weighted by atomic mass is 9.81. The lowest BCUT2D eigenvalue weighted by Crippen LogP contribution is -2.28. The Morgan fingerprint density at radius 1 is 1.00 bits per heavy atom. The van der Waals surface area contributed by atoms with Crippen LogP contribution in [0.1, 0.15) is 58.2 Å². The Morgan fingerprint density at radius 3 is 2.22 bits per heavy atom. The molecule has 0 aliphatic carbocycles. The number of hydrogen-bond donors (Lipinski definition) is 2. The molecule has 0 aromatic heterocycles. The molecular weight excluding hydrogens is 487 g/mol. The summed E-state index contributed by atoms with van der Waals surface area (Å²) in [7, 11) is -4.31. The Morgan fingerprint density at radius 2 is 1.65 bits per heavy atom. The van der Waals surface area contributed by atoms with Crippen LogP contribution in [0.25, 0.3) is 0 Å². The van der Waals surface area contributed by atoms with Gasteiger partial charge in [-0.05, 0) is 64.5 Å². The van der Waals surface area contributed by atoms with E-state index >= 15 is 0 Å². The average Bonchev–Trinajstić information content (AvgIpc) is 3.17. The quantitative estimate of drug-likeness (QED) is 0.429. The fourth-order valence-corrected chi connectivity index (χ4v) is 6.11. The molecule has 2 N–H and O–H groups in total. The highest BCUT2D eigenvalue weighted by Gasteiger charge is 2.45. The van der Waals surface area contributed by atoms with Gasteiger partial charge in [0.2, 0.25) is 5.69 Å². The molecule has 2 heterocycles. The molecule has 7 nitrogen and oxygen atoms in total. The van der Waals surface area contributed by atoms with Crippen molar-refractivity contribution in [3.8, 4) is 0 Å². The first-order valence-corrected chi connectivity index (χ1v) is 14.0. The van der Waals surface area contributed by atoms with Gasteiger partial charge in [-0.3, -0.25) is 4.57 Å². The van der Waals surface area contributed by atoms with Gasteiger partial charge in [-0.15, -0.1) is 0 Å². The molecule has 0 amide bonds. The van der Waals surface area contributed by atoms with E-state index in [2.05, 4.69) is 94.4 Å². The number of fused-ring (bicyclic) bond motifs is 2. The first-order valence-electron chi connectivity index (χ1n) is 12.4. The van der Waals surface area contributed by atoms with Crippen molar-refractivity contribution in [1.82, 2.24) is 0 Å². The van der Waals surface area contributed by atoms with Crippen LogP contribution in [0.4, 0.5) is 11.4 Å². The molecule has 4 rings (SSSR count). The lowest BCUT2D eigenvalue weighted by molar-refractivity contribution is -0.433. The van der Waals surface area contributed by atoms with Gasteiger partial charge >= 0.3 is 13.7 Å². The van der Waals surface area contributed by atoms with Crippen molar-refractivity contribution in [2.75, 3.05) is 18.0 Å². The molecule has 2 aliphatic rings. The van der Waals surface area contributed by atoms with E-state index in [1.807, 2.05) is 6.07 Å². The van der Waals surface area contributed by atoms with E-state index in [4.69, 9.17) is 9.59 Å². The molecular formula is C29H36N2O5P+. The molecule has 0 spiro atoms. The lowest BCUT2D eigenvalue weighted by Gasteiger charge is -2.25. The normalized spacial score (nSPS) is 18.5. The third kappa shape index (κ3) is 5.05. The van der Waals surface area contributed by atoms with Crippen molar-refractivity contribution in [3.05, 3.63) is 77.0 Å². The number of aryl methyl sites for hydroxylation is 1. The van der Waals surface area contributed by atoms with Crippen molar-refractivity contribution in [2.45, 2.75) is 59.3 Å². The highest BCUT2D eigenvalue weighted by atomic mass is 31.2. The van der Waals surface area contributed by atoms with E-state index in [0.717, 1.165) is 30.1 Å². The number of allylic oxidation sites excluding steroid dienone is 4. The van der Waals surface area contributed by atoms with Crippen LogP contribution in [0.15, 0.2) is 60.3 Å². The molecule has 8 heteroatoms. The van der Waals surface area contributed by atoms with Gasteiger partial charge in [-0.1, -0.05) is 37.6 Å². The van der Waals surface area contributed by atoms with Gasteiger partial charge in [-0.25, -0.2) is 0 Å². The zero-order valence-electron chi connectivity index (χ0n) is 22.6. The van der Waals surface area contributed by atoms with Crippen LogP contribution in [0, 0.1) is 6.92 Å². The van der Waals surface area contributed by atoms with Crippen molar-refractivity contribution >= 4 is 36.1 Å². The molecule has 0 radical (unpaired) electrons. The number of benzene rings is 2. The number of hydrogen-bond acceptors (Lipinski definition) is 4. The molecule has 37 heavy (non-hydrogen) atoms.